The van der Waals surface area contributed by atoms with Gasteiger partial charge >= 0.3 is 0 Å². The Morgan fingerprint density at radius 3 is 2.95 bits per heavy atom. The number of carbonyl (C=O) groups excluding carboxylic acids is 1. The Morgan fingerprint density at radius 2 is 2.35 bits per heavy atom. The smallest absolute Gasteiger partial charge is 0.284 e. The van der Waals surface area contributed by atoms with Gasteiger partial charge in [-0.3, -0.25) is 14.9 Å². The van der Waals surface area contributed by atoms with Crippen molar-refractivity contribution in [2.45, 2.75) is 18.9 Å². The standard InChI is InChI=1S/C13H16BrN3O3/c1-16-6-2-3-10(16)8-15-13(18)9-4-5-11(14)12(7-9)17(19)20/h4-5,7,10H,2-3,6,8H2,1H3,(H,15,18). The summed E-state index contributed by atoms with van der Waals surface area (Å²) < 4.78 is 0.370. The van der Waals surface area contributed by atoms with Crippen LogP contribution in [0.2, 0.25) is 0 Å². The number of nitro benzene ring substituents is 1. The molecule has 20 heavy (non-hydrogen) atoms. The number of rotatable bonds is 4. The number of nitrogens with one attached hydrogen (secondary N) is 1. The highest BCUT2D eigenvalue weighted by Crippen LogP contribution is 2.25. The number of nitro groups is 1. The van der Waals surface area contributed by atoms with Crippen molar-refractivity contribution >= 4 is 27.5 Å². The third-order valence-corrected chi connectivity index (χ3v) is 4.25. The van der Waals surface area contributed by atoms with E-state index in [0.29, 0.717) is 22.6 Å². The van der Waals surface area contributed by atoms with Crippen LogP contribution in [0.5, 0.6) is 0 Å². The number of halogens is 1. The van der Waals surface area contributed by atoms with Crippen LogP contribution in [0.3, 0.4) is 0 Å². The Bertz CT molecular complexity index is 536. The molecule has 0 aromatic heterocycles. The molecular formula is C13H16BrN3O3. The largest absolute Gasteiger partial charge is 0.350 e. The van der Waals surface area contributed by atoms with E-state index in [1.54, 1.807) is 6.07 Å². The van der Waals surface area contributed by atoms with Crippen molar-refractivity contribution in [3.8, 4) is 0 Å². The van der Waals surface area contributed by atoms with Gasteiger partial charge in [0.1, 0.15) is 0 Å². The first kappa shape index (κ1) is 14.9. The quantitative estimate of drug-likeness (QED) is 0.672. The molecule has 108 valence electrons. The van der Waals surface area contributed by atoms with Gasteiger partial charge in [-0.2, -0.15) is 0 Å². The first-order valence-electron chi connectivity index (χ1n) is 6.41. The number of hydrogen-bond acceptors (Lipinski definition) is 4. The molecule has 1 N–H and O–H groups in total. The maximum absolute atomic E-state index is 12.0. The molecule has 1 aliphatic rings. The van der Waals surface area contributed by atoms with Crippen LogP contribution in [0.25, 0.3) is 0 Å². The molecule has 1 unspecified atom stereocenters. The number of hydrogen-bond donors (Lipinski definition) is 1. The van der Waals surface area contributed by atoms with E-state index in [1.807, 2.05) is 7.05 Å². The molecule has 1 aromatic carbocycles. The molecule has 0 saturated carbocycles. The molecule has 0 aliphatic carbocycles. The van der Waals surface area contributed by atoms with Gasteiger partial charge in [0.25, 0.3) is 11.6 Å². The van der Waals surface area contributed by atoms with Gasteiger partial charge in [-0.1, -0.05) is 0 Å². The fraction of sp³-hybridized carbons (Fsp3) is 0.462. The lowest BCUT2D eigenvalue weighted by molar-refractivity contribution is -0.385. The fourth-order valence-corrected chi connectivity index (χ4v) is 2.73. The molecular weight excluding hydrogens is 326 g/mol. The third kappa shape index (κ3) is 3.34. The second-order valence-electron chi connectivity index (χ2n) is 4.91. The second kappa shape index (κ2) is 6.32. The zero-order chi connectivity index (χ0) is 14.7. The molecule has 1 amide bonds. The van der Waals surface area contributed by atoms with E-state index < -0.39 is 4.92 Å². The van der Waals surface area contributed by atoms with Gasteiger partial charge in [0, 0.05) is 24.2 Å². The number of likely N-dealkylation sites (N-methyl/N-ethyl adjacent to an activating group) is 1. The number of carbonyl (C=O) groups is 1. The minimum absolute atomic E-state index is 0.101. The summed E-state index contributed by atoms with van der Waals surface area (Å²) in [6.07, 6.45) is 2.21. The average Bonchev–Trinajstić information content (AvgIpc) is 2.81. The summed E-state index contributed by atoms with van der Waals surface area (Å²) >= 11 is 3.10. The van der Waals surface area contributed by atoms with Crippen LogP contribution in [0.1, 0.15) is 23.2 Å². The molecule has 1 atom stereocenters. The summed E-state index contributed by atoms with van der Waals surface area (Å²) in [5, 5.41) is 13.7. The van der Waals surface area contributed by atoms with Crippen LogP contribution < -0.4 is 5.32 Å². The number of likely N-dealkylation sites (tertiary alicyclic amines) is 1. The molecule has 6 nitrogen and oxygen atoms in total. The van der Waals surface area contributed by atoms with Crippen LogP contribution in [-0.4, -0.2) is 41.9 Å². The summed E-state index contributed by atoms with van der Waals surface area (Å²) in [7, 11) is 2.04. The maximum atomic E-state index is 12.0. The molecule has 1 heterocycles. The lowest BCUT2D eigenvalue weighted by atomic mass is 10.1. The monoisotopic (exact) mass is 341 g/mol. The number of benzene rings is 1. The molecule has 7 heteroatoms. The van der Waals surface area contributed by atoms with E-state index in [2.05, 4.69) is 26.1 Å². The van der Waals surface area contributed by atoms with Crippen molar-refractivity contribution in [1.29, 1.82) is 0 Å². The Balaban J connectivity index is 2.02. The minimum atomic E-state index is -0.508. The van der Waals surface area contributed by atoms with Gasteiger partial charge < -0.3 is 10.2 Å². The normalized spacial score (nSPS) is 19.0. The van der Waals surface area contributed by atoms with Crippen LogP contribution in [0.4, 0.5) is 5.69 Å². The molecule has 1 fully saturated rings. The van der Waals surface area contributed by atoms with Gasteiger partial charge in [0.15, 0.2) is 0 Å². The van der Waals surface area contributed by atoms with Crippen LogP contribution in [0.15, 0.2) is 22.7 Å². The zero-order valence-corrected chi connectivity index (χ0v) is 12.7. The molecule has 1 aromatic rings. The highest BCUT2D eigenvalue weighted by molar-refractivity contribution is 9.10. The van der Waals surface area contributed by atoms with E-state index >= 15 is 0 Å². The summed E-state index contributed by atoms with van der Waals surface area (Å²) in [5.74, 6) is -0.277. The summed E-state index contributed by atoms with van der Waals surface area (Å²) in [6.45, 7) is 1.61. The highest BCUT2D eigenvalue weighted by atomic mass is 79.9. The van der Waals surface area contributed by atoms with Crippen molar-refractivity contribution in [3.63, 3.8) is 0 Å². The highest BCUT2D eigenvalue weighted by Gasteiger charge is 2.22. The predicted octanol–water partition coefficient (Wildman–Crippen LogP) is 2.18. The topological polar surface area (TPSA) is 75.5 Å². The summed E-state index contributed by atoms with van der Waals surface area (Å²) in [4.78, 5) is 24.6. The van der Waals surface area contributed by atoms with Crippen molar-refractivity contribution < 1.29 is 9.72 Å². The van der Waals surface area contributed by atoms with Crippen LogP contribution >= 0.6 is 15.9 Å². The summed E-state index contributed by atoms with van der Waals surface area (Å²) in [6, 6.07) is 4.74. The molecule has 1 aliphatic heterocycles. The van der Waals surface area contributed by atoms with E-state index in [9.17, 15) is 14.9 Å². The molecule has 0 radical (unpaired) electrons. The number of nitrogens with zero attached hydrogens (tertiary/aromatic N) is 2. The van der Waals surface area contributed by atoms with Crippen molar-refractivity contribution in [2.75, 3.05) is 20.1 Å². The van der Waals surface area contributed by atoms with Crippen LogP contribution in [0, 0.1) is 10.1 Å². The van der Waals surface area contributed by atoms with Gasteiger partial charge in [-0.15, -0.1) is 0 Å². The van der Waals surface area contributed by atoms with Crippen molar-refractivity contribution in [2.24, 2.45) is 0 Å². The zero-order valence-electron chi connectivity index (χ0n) is 11.1. The first-order chi connectivity index (χ1) is 9.49. The van der Waals surface area contributed by atoms with Gasteiger partial charge in [-0.25, -0.2) is 0 Å². The van der Waals surface area contributed by atoms with E-state index in [-0.39, 0.29) is 11.6 Å². The molecule has 2 rings (SSSR count). The van der Waals surface area contributed by atoms with Gasteiger partial charge in [0.2, 0.25) is 0 Å². The Hall–Kier alpha value is -1.47. The Labute approximate surface area is 125 Å². The predicted molar refractivity (Wildman–Crippen MR) is 78.8 cm³/mol. The SMILES string of the molecule is CN1CCCC1CNC(=O)c1ccc(Br)c([N+](=O)[O-])c1. The van der Waals surface area contributed by atoms with Crippen molar-refractivity contribution in [1.82, 2.24) is 10.2 Å². The lowest BCUT2D eigenvalue weighted by Crippen LogP contribution is -2.38. The number of amides is 1. The Kier molecular flexibility index (Phi) is 4.72. The maximum Gasteiger partial charge on any atom is 0.284 e. The fourth-order valence-electron chi connectivity index (χ4n) is 2.34. The van der Waals surface area contributed by atoms with E-state index in [0.717, 1.165) is 19.4 Å². The molecule has 0 spiro atoms. The molecule has 0 bridgehead atoms. The van der Waals surface area contributed by atoms with Crippen molar-refractivity contribution in [3.05, 3.63) is 38.3 Å². The second-order valence-corrected chi connectivity index (χ2v) is 5.76. The summed E-state index contributed by atoms with van der Waals surface area (Å²) in [5.41, 5.74) is 0.205. The lowest BCUT2D eigenvalue weighted by Gasteiger charge is -2.19. The third-order valence-electron chi connectivity index (χ3n) is 3.57. The van der Waals surface area contributed by atoms with E-state index in [1.165, 1.54) is 12.1 Å². The van der Waals surface area contributed by atoms with Gasteiger partial charge in [0.05, 0.1) is 9.40 Å². The Morgan fingerprint density at radius 1 is 1.60 bits per heavy atom. The van der Waals surface area contributed by atoms with E-state index in [4.69, 9.17) is 0 Å². The van der Waals surface area contributed by atoms with Gasteiger partial charge in [-0.05, 0) is 54.5 Å². The molecule has 1 saturated heterocycles. The van der Waals surface area contributed by atoms with Crippen LogP contribution in [-0.2, 0) is 0 Å². The minimum Gasteiger partial charge on any atom is -0.350 e. The average molecular weight is 342 g/mol. The first-order valence-corrected chi connectivity index (χ1v) is 7.20.